The molecular formula is C12H10FN3O2. The van der Waals surface area contributed by atoms with Gasteiger partial charge in [0.1, 0.15) is 18.4 Å². The quantitative estimate of drug-likeness (QED) is 0.587. The summed E-state index contributed by atoms with van der Waals surface area (Å²) in [5.74, 6) is -0.843. The summed E-state index contributed by atoms with van der Waals surface area (Å²) in [6, 6.07) is 5.81. The molecule has 2 rings (SSSR count). The molecule has 1 aliphatic heterocycles. The normalized spacial score (nSPS) is 19.3. The van der Waals surface area contributed by atoms with Crippen LogP contribution in [0.3, 0.4) is 0 Å². The maximum Gasteiger partial charge on any atom is 0.332 e. The molecule has 0 aliphatic carbocycles. The molecule has 0 aromatic heterocycles. The Bertz CT molecular complexity index is 535. The second-order valence-electron chi connectivity index (χ2n) is 3.89. The summed E-state index contributed by atoms with van der Waals surface area (Å²) in [6.45, 7) is 1.29. The molecule has 0 saturated carbocycles. The van der Waals surface area contributed by atoms with Crippen molar-refractivity contribution in [1.29, 1.82) is 5.26 Å². The fourth-order valence-electron chi connectivity index (χ4n) is 1.88. The zero-order chi connectivity index (χ0) is 13.3. The highest BCUT2D eigenvalue weighted by atomic mass is 19.1. The number of imide groups is 1. The van der Waals surface area contributed by atoms with Crippen LogP contribution in [0.1, 0.15) is 6.92 Å². The number of benzene rings is 1. The Morgan fingerprint density at radius 1 is 1.33 bits per heavy atom. The Kier molecular flexibility index (Phi) is 2.98. The van der Waals surface area contributed by atoms with Crippen molar-refractivity contribution in [3.8, 4) is 6.07 Å². The van der Waals surface area contributed by atoms with Crippen LogP contribution in [-0.4, -0.2) is 29.4 Å². The number of carbonyl (C=O) groups excluding carboxylic acids is 2. The smallest absolute Gasteiger partial charge is 0.282 e. The van der Waals surface area contributed by atoms with E-state index in [1.54, 1.807) is 13.0 Å². The molecule has 1 saturated heterocycles. The van der Waals surface area contributed by atoms with Gasteiger partial charge in [0.05, 0.1) is 6.07 Å². The summed E-state index contributed by atoms with van der Waals surface area (Å²) in [4.78, 5) is 25.9. The Morgan fingerprint density at radius 2 is 1.94 bits per heavy atom. The summed E-state index contributed by atoms with van der Waals surface area (Å²) in [5.41, 5.74) is 0.433. The highest BCUT2D eigenvalue weighted by Crippen LogP contribution is 2.25. The first-order chi connectivity index (χ1) is 8.56. The van der Waals surface area contributed by atoms with Crippen LogP contribution in [-0.2, 0) is 4.79 Å². The van der Waals surface area contributed by atoms with Crippen molar-refractivity contribution in [3.05, 3.63) is 30.1 Å². The molecule has 0 radical (unpaired) electrons. The van der Waals surface area contributed by atoms with Crippen LogP contribution >= 0.6 is 0 Å². The molecule has 92 valence electrons. The molecule has 0 unspecified atom stereocenters. The Balaban J connectivity index is 2.34. The number of nitriles is 1. The maximum atomic E-state index is 12.8. The van der Waals surface area contributed by atoms with E-state index < -0.39 is 23.8 Å². The van der Waals surface area contributed by atoms with Crippen molar-refractivity contribution in [2.75, 3.05) is 11.4 Å². The van der Waals surface area contributed by atoms with Crippen LogP contribution < -0.4 is 4.90 Å². The van der Waals surface area contributed by atoms with Gasteiger partial charge in [0.15, 0.2) is 0 Å². The molecule has 6 heteroatoms. The number of nitrogens with zero attached hydrogens (tertiary/aromatic N) is 3. The van der Waals surface area contributed by atoms with Gasteiger partial charge < -0.3 is 0 Å². The third-order valence-electron chi connectivity index (χ3n) is 2.78. The molecule has 0 bridgehead atoms. The van der Waals surface area contributed by atoms with Crippen molar-refractivity contribution in [2.24, 2.45) is 0 Å². The average molecular weight is 247 g/mol. The predicted molar refractivity (Wildman–Crippen MR) is 61.1 cm³/mol. The first kappa shape index (κ1) is 12.0. The van der Waals surface area contributed by atoms with Gasteiger partial charge in [-0.3, -0.25) is 9.69 Å². The summed E-state index contributed by atoms with van der Waals surface area (Å²) < 4.78 is 12.8. The number of hydrogen-bond acceptors (Lipinski definition) is 3. The van der Waals surface area contributed by atoms with Gasteiger partial charge >= 0.3 is 6.03 Å². The van der Waals surface area contributed by atoms with Crippen molar-refractivity contribution < 1.29 is 14.0 Å². The van der Waals surface area contributed by atoms with E-state index >= 15 is 0 Å². The highest BCUT2D eigenvalue weighted by Gasteiger charge is 2.43. The predicted octanol–water partition coefficient (Wildman–Crippen LogP) is 1.51. The van der Waals surface area contributed by atoms with Crippen molar-refractivity contribution in [3.63, 3.8) is 0 Å². The summed E-state index contributed by atoms with van der Waals surface area (Å²) in [6.07, 6.45) is 0. The zero-order valence-electron chi connectivity index (χ0n) is 9.63. The molecule has 3 amide bonds. The Morgan fingerprint density at radius 3 is 2.50 bits per heavy atom. The lowest BCUT2D eigenvalue weighted by atomic mass is 10.2. The van der Waals surface area contributed by atoms with E-state index in [2.05, 4.69) is 0 Å². The van der Waals surface area contributed by atoms with Crippen molar-refractivity contribution in [1.82, 2.24) is 4.90 Å². The molecule has 1 heterocycles. The van der Waals surface area contributed by atoms with Gasteiger partial charge in [0, 0.05) is 5.69 Å². The number of hydrogen-bond donors (Lipinski definition) is 0. The molecule has 1 fully saturated rings. The second kappa shape index (κ2) is 4.45. The molecular weight excluding hydrogens is 237 g/mol. The minimum Gasteiger partial charge on any atom is -0.282 e. The summed E-state index contributed by atoms with van der Waals surface area (Å²) >= 11 is 0. The van der Waals surface area contributed by atoms with Crippen LogP contribution in [0.2, 0.25) is 0 Å². The van der Waals surface area contributed by atoms with E-state index in [-0.39, 0.29) is 6.54 Å². The molecule has 18 heavy (non-hydrogen) atoms. The van der Waals surface area contributed by atoms with E-state index in [0.717, 1.165) is 4.90 Å². The first-order valence-electron chi connectivity index (χ1n) is 5.33. The lowest BCUT2D eigenvalue weighted by Crippen LogP contribution is -2.34. The van der Waals surface area contributed by atoms with Crippen LogP contribution in [0.4, 0.5) is 14.9 Å². The Labute approximate surface area is 103 Å². The second-order valence-corrected chi connectivity index (χ2v) is 3.89. The van der Waals surface area contributed by atoms with Gasteiger partial charge in [-0.2, -0.15) is 5.26 Å². The van der Waals surface area contributed by atoms with E-state index in [1.165, 1.54) is 29.2 Å². The van der Waals surface area contributed by atoms with E-state index in [4.69, 9.17) is 5.26 Å². The maximum absolute atomic E-state index is 12.8. The zero-order valence-corrected chi connectivity index (χ0v) is 9.63. The third kappa shape index (κ3) is 1.80. The first-order valence-corrected chi connectivity index (χ1v) is 5.33. The number of halogens is 1. The van der Waals surface area contributed by atoms with Crippen molar-refractivity contribution >= 4 is 17.6 Å². The van der Waals surface area contributed by atoms with Gasteiger partial charge in [-0.1, -0.05) is 0 Å². The van der Waals surface area contributed by atoms with E-state index in [0.29, 0.717) is 5.69 Å². The van der Waals surface area contributed by atoms with Gasteiger partial charge in [0.25, 0.3) is 5.91 Å². The summed E-state index contributed by atoms with van der Waals surface area (Å²) in [7, 11) is 0. The lowest BCUT2D eigenvalue weighted by molar-refractivity contribution is -0.126. The number of carbonyl (C=O) groups is 2. The number of amides is 3. The van der Waals surface area contributed by atoms with Gasteiger partial charge in [-0.15, -0.1) is 0 Å². The van der Waals surface area contributed by atoms with E-state index in [9.17, 15) is 14.0 Å². The topological polar surface area (TPSA) is 64.4 Å². The standard InChI is InChI=1S/C12H10FN3O2/c1-8-11(17)15(7-6-14)12(18)16(8)10-4-2-9(13)3-5-10/h2-5,8H,7H2,1H3/t8-/m1/s1. The Hall–Kier alpha value is -2.42. The molecule has 0 N–H and O–H groups in total. The van der Waals surface area contributed by atoms with Crippen LogP contribution in [0, 0.1) is 17.1 Å². The average Bonchev–Trinajstić information content (AvgIpc) is 2.56. The van der Waals surface area contributed by atoms with Crippen LogP contribution in [0.15, 0.2) is 24.3 Å². The number of urea groups is 1. The number of anilines is 1. The minimum absolute atomic E-state index is 0.278. The largest absolute Gasteiger partial charge is 0.332 e. The molecule has 5 nitrogen and oxygen atoms in total. The van der Waals surface area contributed by atoms with Crippen molar-refractivity contribution in [2.45, 2.75) is 13.0 Å². The highest BCUT2D eigenvalue weighted by molar-refractivity contribution is 6.14. The third-order valence-corrected chi connectivity index (χ3v) is 2.78. The fourth-order valence-corrected chi connectivity index (χ4v) is 1.88. The van der Waals surface area contributed by atoms with Gasteiger partial charge in [-0.05, 0) is 31.2 Å². The fraction of sp³-hybridized carbons (Fsp3) is 0.250. The minimum atomic E-state index is -0.684. The molecule has 1 aliphatic rings. The number of rotatable bonds is 2. The molecule has 0 spiro atoms. The lowest BCUT2D eigenvalue weighted by Gasteiger charge is -2.18. The van der Waals surface area contributed by atoms with Crippen LogP contribution in [0.25, 0.3) is 0 Å². The monoisotopic (exact) mass is 247 g/mol. The summed E-state index contributed by atoms with van der Waals surface area (Å²) in [5, 5.41) is 8.58. The molecule has 1 aromatic carbocycles. The molecule has 1 aromatic rings. The SMILES string of the molecule is C[C@@H]1C(=O)N(CC#N)C(=O)N1c1ccc(F)cc1. The van der Waals surface area contributed by atoms with E-state index in [1.807, 2.05) is 0 Å². The molecule has 1 atom stereocenters. The van der Waals surface area contributed by atoms with Crippen LogP contribution in [0.5, 0.6) is 0 Å². The van der Waals surface area contributed by atoms with Gasteiger partial charge in [-0.25, -0.2) is 14.1 Å². The van der Waals surface area contributed by atoms with Gasteiger partial charge in [0.2, 0.25) is 0 Å².